The Morgan fingerprint density at radius 1 is 0.900 bits per heavy atom. The molecule has 0 aromatic heterocycles. The molecule has 0 aliphatic carbocycles. The van der Waals surface area contributed by atoms with E-state index in [4.69, 9.17) is 0 Å². The van der Waals surface area contributed by atoms with Gasteiger partial charge in [-0.2, -0.15) is 0 Å². The summed E-state index contributed by atoms with van der Waals surface area (Å²) in [4.78, 5) is 0. The first-order valence-electron chi connectivity index (χ1n) is 2.29. The Hall–Kier alpha value is 2.59. The van der Waals surface area contributed by atoms with Gasteiger partial charge in [0.15, 0.2) is 0 Å². The SMILES string of the molecule is CBr.CCCC.[Cl-].[Cl-].[H-].[H-].[Mg+2].[Mg+2]. The van der Waals surface area contributed by atoms with E-state index in [0.717, 1.165) is 0 Å². The fourth-order valence-electron chi connectivity index (χ4n) is 0. The van der Waals surface area contributed by atoms with Crippen molar-refractivity contribution < 1.29 is 27.7 Å². The molecule has 0 amide bonds. The first kappa shape index (κ1) is 38.9. The monoisotopic (exact) mass is 272 g/mol. The van der Waals surface area contributed by atoms with Gasteiger partial charge in [0, 0.05) is 0 Å². The fraction of sp³-hybridized carbons (Fsp3) is 1.00. The summed E-state index contributed by atoms with van der Waals surface area (Å²) in [6, 6.07) is 0. The van der Waals surface area contributed by atoms with Crippen LogP contribution < -0.4 is 24.8 Å². The average Bonchev–Trinajstić information content (AvgIpc) is 1.72. The van der Waals surface area contributed by atoms with Crippen LogP contribution in [0.2, 0.25) is 0 Å². The number of rotatable bonds is 1. The molecule has 0 nitrogen and oxygen atoms in total. The largest absolute Gasteiger partial charge is 2.00 e. The molecular weight excluding hydrogens is 259 g/mol. The molecule has 0 atom stereocenters. The summed E-state index contributed by atoms with van der Waals surface area (Å²) in [6.07, 6.45) is 2.64. The quantitative estimate of drug-likeness (QED) is 0.341. The van der Waals surface area contributed by atoms with E-state index in [1.165, 1.54) is 12.8 Å². The van der Waals surface area contributed by atoms with Crippen molar-refractivity contribution in [2.45, 2.75) is 26.7 Å². The van der Waals surface area contributed by atoms with Gasteiger partial charge in [0.25, 0.3) is 0 Å². The maximum absolute atomic E-state index is 2.94. The van der Waals surface area contributed by atoms with E-state index in [1.807, 2.05) is 5.83 Å². The molecule has 0 rings (SSSR count). The molecular formula is C5H15BrCl2Mg2. The predicted octanol–water partition coefficient (Wildman–Crippen LogP) is -3.71. The molecule has 0 N–H and O–H groups in total. The summed E-state index contributed by atoms with van der Waals surface area (Å²) < 4.78 is 0. The van der Waals surface area contributed by atoms with E-state index < -0.39 is 0 Å². The van der Waals surface area contributed by atoms with Crippen LogP contribution in [0.1, 0.15) is 29.5 Å². The third-order valence-electron chi connectivity index (χ3n) is 0.500. The van der Waals surface area contributed by atoms with Gasteiger partial charge in [0.1, 0.15) is 0 Å². The smallest absolute Gasteiger partial charge is 1.00 e. The van der Waals surface area contributed by atoms with E-state index in [0.29, 0.717) is 0 Å². The van der Waals surface area contributed by atoms with Gasteiger partial charge >= 0.3 is 46.1 Å². The van der Waals surface area contributed by atoms with Crippen molar-refractivity contribution in [2.75, 3.05) is 5.83 Å². The number of hydrogen-bond acceptors (Lipinski definition) is 0. The van der Waals surface area contributed by atoms with Gasteiger partial charge in [0.2, 0.25) is 0 Å². The van der Waals surface area contributed by atoms with Gasteiger partial charge < -0.3 is 27.7 Å². The van der Waals surface area contributed by atoms with Crippen LogP contribution in [0, 0.1) is 0 Å². The van der Waals surface area contributed by atoms with Crippen LogP contribution in [0.15, 0.2) is 0 Å². The van der Waals surface area contributed by atoms with Crippen molar-refractivity contribution >= 4 is 62.0 Å². The predicted molar refractivity (Wildman–Crippen MR) is 49.2 cm³/mol. The maximum atomic E-state index is 2.94. The summed E-state index contributed by atoms with van der Waals surface area (Å²) in [5, 5.41) is 0. The molecule has 60 valence electrons. The molecule has 0 saturated heterocycles. The molecule has 0 saturated carbocycles. The molecule has 0 heterocycles. The zero-order valence-electron chi connectivity index (χ0n) is 8.96. The van der Waals surface area contributed by atoms with E-state index in [9.17, 15) is 0 Å². The Morgan fingerprint density at radius 2 is 1.00 bits per heavy atom. The van der Waals surface area contributed by atoms with Crippen molar-refractivity contribution in [3.8, 4) is 0 Å². The summed E-state index contributed by atoms with van der Waals surface area (Å²) in [7, 11) is 0. The molecule has 0 unspecified atom stereocenters. The third-order valence-corrected chi connectivity index (χ3v) is 0.500. The Bertz CT molecular complexity index is 27.4. The zero-order valence-corrected chi connectivity index (χ0v) is 12.9. The molecule has 0 fully saturated rings. The normalized spacial score (nSPS) is 3.60. The first-order chi connectivity index (χ1) is 2.91. The molecule has 0 bridgehead atoms. The summed E-state index contributed by atoms with van der Waals surface area (Å²) in [5.74, 6) is 1.81. The minimum absolute atomic E-state index is 0. The van der Waals surface area contributed by atoms with Gasteiger partial charge in [-0.05, 0) is 5.83 Å². The van der Waals surface area contributed by atoms with Crippen LogP contribution in [0.25, 0.3) is 0 Å². The minimum Gasteiger partial charge on any atom is -1.00 e. The molecule has 5 heteroatoms. The third kappa shape index (κ3) is 75.5. The number of unbranched alkanes of at least 4 members (excludes halogenated alkanes) is 1. The molecule has 0 aliphatic heterocycles. The van der Waals surface area contributed by atoms with Crippen molar-refractivity contribution in [1.82, 2.24) is 0 Å². The second-order valence-corrected chi connectivity index (χ2v) is 1.000. The molecule has 0 aromatic rings. The standard InChI is InChI=1S/C4H10.CH3Br.2ClH.2Mg.2H/c1-3-4-2;1-2;;;;;;/h3-4H2,1-2H3;1H3;2*1H;;;;/q;;;;2*+2;2*-1/p-2. The summed E-state index contributed by atoms with van der Waals surface area (Å²) >= 11 is 2.94. The van der Waals surface area contributed by atoms with Gasteiger partial charge in [-0.3, -0.25) is 0 Å². The topological polar surface area (TPSA) is 0 Å². The van der Waals surface area contributed by atoms with Crippen LogP contribution in [0.5, 0.6) is 0 Å². The van der Waals surface area contributed by atoms with Crippen molar-refractivity contribution in [2.24, 2.45) is 0 Å². The van der Waals surface area contributed by atoms with E-state index in [2.05, 4.69) is 29.8 Å². The van der Waals surface area contributed by atoms with Crippen LogP contribution >= 0.6 is 15.9 Å². The van der Waals surface area contributed by atoms with Gasteiger partial charge in [-0.1, -0.05) is 42.6 Å². The maximum Gasteiger partial charge on any atom is 2.00 e. The molecule has 0 aromatic carbocycles. The first-order valence-corrected chi connectivity index (χ1v) is 3.88. The van der Waals surface area contributed by atoms with Crippen molar-refractivity contribution in [3.05, 3.63) is 0 Å². The second-order valence-electron chi connectivity index (χ2n) is 1.000. The van der Waals surface area contributed by atoms with Gasteiger partial charge in [0.05, 0.1) is 0 Å². The van der Waals surface area contributed by atoms with Crippen molar-refractivity contribution in [3.63, 3.8) is 0 Å². The number of hydrogen-bond donors (Lipinski definition) is 0. The van der Waals surface area contributed by atoms with E-state index in [-0.39, 0.29) is 73.8 Å². The van der Waals surface area contributed by atoms with Gasteiger partial charge in [-0.25, -0.2) is 0 Å². The average molecular weight is 275 g/mol. The van der Waals surface area contributed by atoms with Crippen LogP contribution in [0.4, 0.5) is 0 Å². The van der Waals surface area contributed by atoms with Crippen LogP contribution in [-0.4, -0.2) is 51.9 Å². The molecule has 10 heavy (non-hydrogen) atoms. The Balaban J connectivity index is -0.00000000317. The summed E-state index contributed by atoms with van der Waals surface area (Å²) in [6.45, 7) is 4.36. The van der Waals surface area contributed by atoms with E-state index in [1.54, 1.807) is 0 Å². The Kier molecular flexibility index (Phi) is 240. The Labute approximate surface area is 121 Å². The minimum atomic E-state index is 0. The number of halogens is 3. The van der Waals surface area contributed by atoms with Gasteiger partial charge in [-0.15, -0.1) is 0 Å². The number of alkyl halides is 1. The Morgan fingerprint density at radius 3 is 1.00 bits per heavy atom. The molecule has 0 spiro atoms. The zero-order chi connectivity index (χ0) is 5.41. The van der Waals surface area contributed by atoms with Crippen LogP contribution in [0.3, 0.4) is 0 Å². The van der Waals surface area contributed by atoms with Crippen LogP contribution in [-0.2, 0) is 0 Å². The van der Waals surface area contributed by atoms with Crippen molar-refractivity contribution in [1.29, 1.82) is 0 Å². The van der Waals surface area contributed by atoms with E-state index >= 15 is 0 Å². The molecule has 0 aliphatic rings. The second kappa shape index (κ2) is 61.7. The fourth-order valence-corrected chi connectivity index (χ4v) is 0. The summed E-state index contributed by atoms with van der Waals surface area (Å²) in [5.41, 5.74) is 0. The molecule has 0 radical (unpaired) electrons.